The Hall–Kier alpha value is -0.240. The van der Waals surface area contributed by atoms with Crippen LogP contribution in [-0.2, 0) is 4.79 Å². The quantitative estimate of drug-likeness (QED) is 0.260. The predicted octanol–water partition coefficient (Wildman–Crippen LogP) is 4.87. The van der Waals surface area contributed by atoms with Gasteiger partial charge in [0.1, 0.15) is 6.29 Å². The Bertz CT molecular complexity index is 139. The van der Waals surface area contributed by atoms with Crippen LogP contribution in [0.5, 0.6) is 0 Å². The molecule has 0 radical (unpaired) electrons. The minimum absolute atomic E-state index is 0.750. The van der Waals surface area contributed by atoms with Crippen molar-refractivity contribution in [3.05, 3.63) is 0 Å². The number of hydrogen-bond acceptors (Lipinski definition) is 2. The molecule has 0 amide bonds. The molecule has 0 rings (SSSR count). The molecular formula is C14H26OS. The second-order valence-corrected chi connectivity index (χ2v) is 4.78. The molecule has 0 bridgehead atoms. The Balaban J connectivity index is 2.87. The van der Waals surface area contributed by atoms with E-state index in [9.17, 15) is 4.79 Å². The number of rotatable bonds is 13. The Kier molecular flexibility index (Phi) is 14.5. The van der Waals surface area contributed by atoms with Crippen LogP contribution in [0.2, 0.25) is 0 Å². The van der Waals surface area contributed by atoms with Crippen LogP contribution in [0.1, 0.15) is 77.0 Å². The maximum absolute atomic E-state index is 10.1. The first-order chi connectivity index (χ1) is 7.91. The van der Waals surface area contributed by atoms with Gasteiger partial charge >= 0.3 is 0 Å². The summed E-state index contributed by atoms with van der Waals surface area (Å²) in [6, 6.07) is 0. The van der Waals surface area contributed by atoms with Crippen LogP contribution in [0.3, 0.4) is 0 Å². The van der Waals surface area contributed by atoms with Gasteiger partial charge in [-0.1, -0.05) is 63.6 Å². The van der Waals surface area contributed by atoms with Gasteiger partial charge in [0.2, 0.25) is 0 Å². The Morgan fingerprint density at radius 1 is 0.625 bits per heavy atom. The van der Waals surface area contributed by atoms with Crippen LogP contribution in [0.15, 0.2) is 0 Å². The molecule has 94 valence electrons. The van der Waals surface area contributed by atoms with Crippen molar-refractivity contribution in [3.63, 3.8) is 0 Å². The molecule has 0 atom stereocenters. The highest BCUT2D eigenvalue weighted by Gasteiger charge is 1.92. The molecule has 0 aromatic heterocycles. The standard InChI is InChI=1S/C14H26OS/c15-13-11-9-7-5-3-1-2-4-6-8-10-12-14-16/h13-14H,1-12H2. The van der Waals surface area contributed by atoms with E-state index in [0.717, 1.165) is 25.5 Å². The van der Waals surface area contributed by atoms with Gasteiger partial charge < -0.3 is 4.79 Å². The molecule has 0 saturated heterocycles. The summed E-state index contributed by atoms with van der Waals surface area (Å²) < 4.78 is 0. The van der Waals surface area contributed by atoms with Gasteiger partial charge in [0.25, 0.3) is 0 Å². The minimum atomic E-state index is 0.750. The third kappa shape index (κ3) is 13.8. The predicted molar refractivity (Wildman–Crippen MR) is 75.1 cm³/mol. The van der Waals surface area contributed by atoms with E-state index >= 15 is 0 Å². The average molecular weight is 242 g/mol. The third-order valence-electron chi connectivity index (χ3n) is 2.89. The fourth-order valence-electron chi connectivity index (χ4n) is 1.87. The first-order valence-electron chi connectivity index (χ1n) is 6.79. The molecule has 0 heterocycles. The normalized spacial score (nSPS) is 10.2. The first kappa shape index (κ1) is 15.8. The van der Waals surface area contributed by atoms with Crippen LogP contribution in [-0.4, -0.2) is 11.7 Å². The lowest BCUT2D eigenvalue weighted by atomic mass is 10.1. The van der Waals surface area contributed by atoms with Crippen molar-refractivity contribution in [2.45, 2.75) is 77.0 Å². The number of aldehydes is 1. The van der Waals surface area contributed by atoms with Gasteiger partial charge in [-0.15, -0.1) is 0 Å². The molecule has 0 aromatic carbocycles. The Labute approximate surface area is 106 Å². The van der Waals surface area contributed by atoms with E-state index in [1.54, 1.807) is 0 Å². The number of hydrogen-bond donors (Lipinski definition) is 0. The molecule has 0 saturated carbocycles. The van der Waals surface area contributed by atoms with Crippen LogP contribution in [0.25, 0.3) is 0 Å². The smallest absolute Gasteiger partial charge is 0.119 e. The maximum Gasteiger partial charge on any atom is 0.119 e. The van der Waals surface area contributed by atoms with E-state index < -0.39 is 0 Å². The minimum Gasteiger partial charge on any atom is -0.303 e. The average Bonchev–Trinajstić information content (AvgIpc) is 2.31. The molecule has 0 N–H and O–H groups in total. The molecular weight excluding hydrogens is 216 g/mol. The van der Waals surface area contributed by atoms with E-state index in [4.69, 9.17) is 12.2 Å². The lowest BCUT2D eigenvalue weighted by molar-refractivity contribution is -0.107. The summed E-state index contributed by atoms with van der Waals surface area (Å²) in [5.74, 6) is 0. The first-order valence-corrected chi connectivity index (χ1v) is 7.26. The van der Waals surface area contributed by atoms with E-state index in [-0.39, 0.29) is 0 Å². The summed E-state index contributed by atoms with van der Waals surface area (Å²) in [6.07, 6.45) is 16.0. The second kappa shape index (κ2) is 14.8. The van der Waals surface area contributed by atoms with Crippen molar-refractivity contribution < 1.29 is 4.79 Å². The summed E-state index contributed by atoms with van der Waals surface area (Å²) in [7, 11) is 0. The lowest BCUT2D eigenvalue weighted by Gasteiger charge is -2.01. The van der Waals surface area contributed by atoms with E-state index in [1.807, 2.05) is 5.37 Å². The zero-order valence-corrected chi connectivity index (χ0v) is 11.3. The van der Waals surface area contributed by atoms with E-state index in [1.165, 1.54) is 57.8 Å². The van der Waals surface area contributed by atoms with Crippen LogP contribution >= 0.6 is 12.2 Å². The number of carbonyl (C=O) groups is 1. The zero-order chi connectivity index (χ0) is 11.9. The molecule has 0 aliphatic carbocycles. The van der Waals surface area contributed by atoms with Gasteiger partial charge in [-0.05, 0) is 24.6 Å². The highest BCUT2D eigenvalue weighted by molar-refractivity contribution is 7.78. The lowest BCUT2D eigenvalue weighted by Crippen LogP contribution is -1.83. The SMILES string of the molecule is O=CCCCCCCCCCCCCC=S. The van der Waals surface area contributed by atoms with Crippen molar-refractivity contribution in [2.24, 2.45) is 0 Å². The summed E-state index contributed by atoms with van der Waals surface area (Å²) in [5, 5.41) is 1.85. The topological polar surface area (TPSA) is 17.1 Å². The second-order valence-electron chi connectivity index (χ2n) is 4.45. The zero-order valence-electron chi connectivity index (χ0n) is 10.5. The molecule has 16 heavy (non-hydrogen) atoms. The highest BCUT2D eigenvalue weighted by Crippen LogP contribution is 2.11. The third-order valence-corrected chi connectivity index (χ3v) is 3.13. The number of carbonyl (C=O) groups excluding carboxylic acids is 1. The van der Waals surface area contributed by atoms with Crippen molar-refractivity contribution in [3.8, 4) is 0 Å². The molecule has 0 spiro atoms. The fourth-order valence-corrected chi connectivity index (χ4v) is 2.04. The van der Waals surface area contributed by atoms with Gasteiger partial charge in [0, 0.05) is 6.42 Å². The summed E-state index contributed by atoms with van der Waals surface area (Å²) in [4.78, 5) is 10.1. The van der Waals surface area contributed by atoms with Crippen LogP contribution < -0.4 is 0 Å². The summed E-state index contributed by atoms with van der Waals surface area (Å²) in [6.45, 7) is 0. The molecule has 2 heteroatoms. The van der Waals surface area contributed by atoms with Crippen molar-refractivity contribution in [1.29, 1.82) is 0 Å². The molecule has 1 nitrogen and oxygen atoms in total. The number of unbranched alkanes of at least 4 members (excludes halogenated alkanes) is 11. The summed E-state index contributed by atoms with van der Waals surface area (Å²) >= 11 is 4.78. The van der Waals surface area contributed by atoms with Gasteiger partial charge in [0.05, 0.1) is 0 Å². The van der Waals surface area contributed by atoms with Crippen molar-refractivity contribution >= 4 is 23.9 Å². The van der Waals surface area contributed by atoms with E-state index in [2.05, 4.69) is 0 Å². The van der Waals surface area contributed by atoms with Crippen LogP contribution in [0.4, 0.5) is 0 Å². The Morgan fingerprint density at radius 3 is 1.38 bits per heavy atom. The number of thiocarbonyl (C=S) groups is 1. The highest BCUT2D eigenvalue weighted by atomic mass is 32.1. The monoisotopic (exact) mass is 242 g/mol. The molecule has 0 aliphatic rings. The van der Waals surface area contributed by atoms with Gasteiger partial charge in [0.15, 0.2) is 0 Å². The molecule has 0 aliphatic heterocycles. The van der Waals surface area contributed by atoms with Crippen molar-refractivity contribution in [2.75, 3.05) is 0 Å². The van der Waals surface area contributed by atoms with Gasteiger partial charge in [-0.25, -0.2) is 0 Å². The fraction of sp³-hybridized carbons (Fsp3) is 0.857. The maximum atomic E-state index is 10.1. The van der Waals surface area contributed by atoms with Crippen LogP contribution in [0, 0.1) is 0 Å². The largest absolute Gasteiger partial charge is 0.303 e. The molecule has 0 aromatic rings. The van der Waals surface area contributed by atoms with Gasteiger partial charge in [-0.2, -0.15) is 0 Å². The molecule has 0 unspecified atom stereocenters. The Morgan fingerprint density at radius 2 is 1.00 bits per heavy atom. The van der Waals surface area contributed by atoms with E-state index in [0.29, 0.717) is 0 Å². The molecule has 0 fully saturated rings. The van der Waals surface area contributed by atoms with Gasteiger partial charge in [-0.3, -0.25) is 0 Å². The summed E-state index contributed by atoms with van der Waals surface area (Å²) in [5.41, 5.74) is 0. The van der Waals surface area contributed by atoms with Crippen molar-refractivity contribution in [1.82, 2.24) is 0 Å².